The summed E-state index contributed by atoms with van der Waals surface area (Å²) in [4.78, 5) is 19.3. The van der Waals surface area contributed by atoms with Crippen molar-refractivity contribution in [2.24, 2.45) is 0 Å². The van der Waals surface area contributed by atoms with Crippen LogP contribution in [0.15, 0.2) is 0 Å². The zero-order chi connectivity index (χ0) is 5.70. The van der Waals surface area contributed by atoms with Gasteiger partial charge < -0.3 is 15.0 Å². The number of methoxy groups -OCH3 is 1. The average molecular weight is 141 g/mol. The van der Waals surface area contributed by atoms with Gasteiger partial charge in [0.2, 0.25) is 0 Å². The Morgan fingerprint density at radius 1 is 1.67 bits per heavy atom. The fourth-order valence-corrected chi connectivity index (χ4v) is 0.131. The number of ether oxygens (including phenoxy) is 1. The first kappa shape index (κ1) is 16.0. The molecule has 1 N–H and O–H groups in total. The van der Waals surface area contributed by atoms with Gasteiger partial charge in [0, 0.05) is 0 Å². The molecule has 0 radical (unpaired) electrons. The maximum absolute atomic E-state index is 9.93. The van der Waals surface area contributed by atoms with Gasteiger partial charge in [0.1, 0.15) is 0 Å². The Labute approximate surface area is 75.2 Å². The molecule has 5 heteroatoms. The number of rotatable bonds is 2. The predicted molar refractivity (Wildman–Crippen MR) is 24.3 cm³/mol. The third-order valence-corrected chi connectivity index (χ3v) is 0.444. The Balaban J connectivity index is -0.000000180. The fourth-order valence-electron chi connectivity index (χ4n) is 0.131. The molecular formula is C4H6NaO4-. The quantitative estimate of drug-likeness (QED) is 0.173. The minimum absolute atomic E-state index is 0. The SMILES string of the molecule is COC(=O)C[C-]=O.[Na+].[OH-]. The summed E-state index contributed by atoms with van der Waals surface area (Å²) in [6.07, 6.45) is 1.13. The van der Waals surface area contributed by atoms with Crippen LogP contribution in [0, 0.1) is 0 Å². The average Bonchev–Trinajstić information content (AvgIpc) is 1.68. The molecule has 48 valence electrons. The van der Waals surface area contributed by atoms with Crippen LogP contribution in [0.5, 0.6) is 0 Å². The van der Waals surface area contributed by atoms with Gasteiger partial charge >= 0.3 is 29.6 Å². The van der Waals surface area contributed by atoms with Gasteiger partial charge in [0.25, 0.3) is 5.97 Å². The number of carbonyl (C=O) groups excluding carboxylic acids is 2. The van der Waals surface area contributed by atoms with Gasteiger partial charge in [-0.3, -0.25) is 11.1 Å². The smallest absolute Gasteiger partial charge is 0.870 e. The van der Waals surface area contributed by atoms with E-state index in [1.807, 2.05) is 0 Å². The van der Waals surface area contributed by atoms with Crippen LogP contribution in [-0.2, 0) is 14.3 Å². The van der Waals surface area contributed by atoms with Gasteiger partial charge in [0.15, 0.2) is 0 Å². The van der Waals surface area contributed by atoms with E-state index in [0.29, 0.717) is 0 Å². The van der Waals surface area contributed by atoms with Crippen LogP contribution in [0.25, 0.3) is 0 Å². The molecule has 0 amide bonds. The Morgan fingerprint density at radius 2 is 2.11 bits per heavy atom. The van der Waals surface area contributed by atoms with E-state index in [1.54, 1.807) is 0 Å². The van der Waals surface area contributed by atoms with Crippen molar-refractivity contribution >= 4 is 12.3 Å². The molecule has 0 bridgehead atoms. The third kappa shape index (κ3) is 11.6. The summed E-state index contributed by atoms with van der Waals surface area (Å²) in [6, 6.07) is 0. The van der Waals surface area contributed by atoms with Crippen molar-refractivity contribution in [1.29, 1.82) is 0 Å². The van der Waals surface area contributed by atoms with Crippen LogP contribution in [0.2, 0.25) is 0 Å². The van der Waals surface area contributed by atoms with Crippen LogP contribution in [0.1, 0.15) is 6.42 Å². The molecule has 0 aliphatic carbocycles. The molecule has 0 rings (SSSR count). The molecule has 0 aromatic heterocycles. The molecule has 0 fully saturated rings. The molecule has 0 unspecified atom stereocenters. The molecule has 0 spiro atoms. The monoisotopic (exact) mass is 141 g/mol. The molecule has 0 aromatic rings. The number of hydrogen-bond acceptors (Lipinski definition) is 4. The molecule has 4 nitrogen and oxygen atoms in total. The van der Waals surface area contributed by atoms with Crippen molar-refractivity contribution in [1.82, 2.24) is 0 Å². The summed E-state index contributed by atoms with van der Waals surface area (Å²) in [6.45, 7) is 0. The number of esters is 1. The van der Waals surface area contributed by atoms with Crippen molar-refractivity contribution in [3.63, 3.8) is 0 Å². The first-order chi connectivity index (χ1) is 3.31. The van der Waals surface area contributed by atoms with Gasteiger partial charge in [0.05, 0.1) is 7.11 Å². The minimum atomic E-state index is -0.546. The second-order valence-electron chi connectivity index (χ2n) is 0.897. The summed E-state index contributed by atoms with van der Waals surface area (Å²) in [5.41, 5.74) is 0. The van der Waals surface area contributed by atoms with Gasteiger partial charge in [-0.1, -0.05) is 6.42 Å². The maximum atomic E-state index is 9.93. The van der Waals surface area contributed by atoms with E-state index in [2.05, 4.69) is 4.74 Å². The summed E-state index contributed by atoms with van der Waals surface area (Å²) in [5, 5.41) is 0. The summed E-state index contributed by atoms with van der Waals surface area (Å²) >= 11 is 0. The first-order valence-electron chi connectivity index (χ1n) is 1.73. The molecular weight excluding hydrogens is 135 g/mol. The molecule has 0 saturated carbocycles. The minimum Gasteiger partial charge on any atom is -0.870 e. The Morgan fingerprint density at radius 3 is 2.22 bits per heavy atom. The van der Waals surface area contributed by atoms with E-state index >= 15 is 0 Å². The van der Waals surface area contributed by atoms with Crippen LogP contribution in [0.3, 0.4) is 0 Å². The Hall–Kier alpha value is 0.1000. The number of carbonyl (C=O) groups is 1. The van der Waals surface area contributed by atoms with Crippen molar-refractivity contribution in [2.45, 2.75) is 6.42 Å². The summed E-state index contributed by atoms with van der Waals surface area (Å²) < 4.78 is 4.09. The predicted octanol–water partition coefficient (Wildman–Crippen LogP) is -3.51. The Kier molecular flexibility index (Phi) is 19.6. The summed E-state index contributed by atoms with van der Waals surface area (Å²) in [5.74, 6) is -0.546. The van der Waals surface area contributed by atoms with Gasteiger partial charge in [-0.2, -0.15) is 0 Å². The van der Waals surface area contributed by atoms with Gasteiger partial charge in [-0.25, -0.2) is 0 Å². The first-order valence-corrected chi connectivity index (χ1v) is 1.73. The van der Waals surface area contributed by atoms with Crippen molar-refractivity contribution in [3.8, 4) is 0 Å². The molecule has 9 heavy (non-hydrogen) atoms. The zero-order valence-electron chi connectivity index (χ0n) is 5.38. The van der Waals surface area contributed by atoms with E-state index in [-0.39, 0.29) is 41.5 Å². The normalized spacial score (nSPS) is 5.89. The second-order valence-corrected chi connectivity index (χ2v) is 0.897. The van der Waals surface area contributed by atoms with E-state index in [4.69, 9.17) is 0 Å². The van der Waals surface area contributed by atoms with E-state index in [1.165, 1.54) is 13.4 Å². The molecule has 0 atom stereocenters. The van der Waals surface area contributed by atoms with E-state index in [0.717, 1.165) is 0 Å². The van der Waals surface area contributed by atoms with Crippen LogP contribution >= 0.6 is 0 Å². The van der Waals surface area contributed by atoms with Crippen LogP contribution < -0.4 is 29.6 Å². The number of hydrogen-bond donors (Lipinski definition) is 0. The van der Waals surface area contributed by atoms with Crippen molar-refractivity contribution < 1.29 is 49.4 Å². The summed E-state index contributed by atoms with van der Waals surface area (Å²) in [7, 11) is 1.22. The van der Waals surface area contributed by atoms with E-state index < -0.39 is 5.97 Å². The molecule has 0 heterocycles. The van der Waals surface area contributed by atoms with Crippen LogP contribution in [-0.4, -0.2) is 24.8 Å². The standard InChI is InChI=1S/C4H5O3.Na.H2O/c1-7-4(6)2-3-5;;/h2H2,1H3;;1H2/q-1;+1;/p-1. The molecule has 0 aromatic carbocycles. The zero-order valence-corrected chi connectivity index (χ0v) is 7.38. The molecule has 0 aliphatic heterocycles. The van der Waals surface area contributed by atoms with Gasteiger partial charge in [-0.15, -0.1) is 0 Å². The topological polar surface area (TPSA) is 73.4 Å². The van der Waals surface area contributed by atoms with Crippen molar-refractivity contribution in [2.75, 3.05) is 7.11 Å². The fraction of sp³-hybridized carbons (Fsp3) is 0.500. The van der Waals surface area contributed by atoms with E-state index in [9.17, 15) is 9.59 Å². The second kappa shape index (κ2) is 11.0. The molecule has 0 saturated heterocycles. The van der Waals surface area contributed by atoms with Crippen LogP contribution in [0.4, 0.5) is 0 Å². The van der Waals surface area contributed by atoms with Crippen molar-refractivity contribution in [3.05, 3.63) is 0 Å². The molecule has 0 aliphatic rings. The van der Waals surface area contributed by atoms with Gasteiger partial charge in [-0.05, 0) is 0 Å². The Bertz CT molecular complexity index is 82.6. The maximum Gasteiger partial charge on any atom is 1.00 e. The largest absolute Gasteiger partial charge is 1.00 e. The third-order valence-electron chi connectivity index (χ3n) is 0.444.